The number of ketones is 1. The Balaban J connectivity index is 1.98. The minimum Gasteiger partial charge on any atom is -0.375 e. The molecule has 1 aliphatic heterocycles. The Bertz CT molecular complexity index is 714. The number of para-hydroxylation sites is 1. The average Bonchev–Trinajstić information content (AvgIpc) is 2.71. The van der Waals surface area contributed by atoms with Gasteiger partial charge in [0.1, 0.15) is 5.69 Å². The van der Waals surface area contributed by atoms with E-state index in [1.807, 2.05) is 0 Å². The van der Waals surface area contributed by atoms with Crippen LogP contribution in [0.4, 0.5) is 5.69 Å². The fourth-order valence-electron chi connectivity index (χ4n) is 2.64. The average molecular weight is 282 g/mol. The standard InChI is InChI=1S/C16H14N2O3/c1-18-13-8-3-2-6-11(13)16(21,15(18)20)10-14(19)12-7-4-5-9-17-12/h2-9,21H,10H2,1H3/t16-/m0/s1. The van der Waals surface area contributed by atoms with Crippen LogP contribution >= 0.6 is 0 Å². The molecule has 2 aromatic rings. The zero-order chi connectivity index (χ0) is 15.0. The number of hydrogen-bond acceptors (Lipinski definition) is 4. The molecule has 3 rings (SSSR count). The Morgan fingerprint density at radius 1 is 1.24 bits per heavy atom. The topological polar surface area (TPSA) is 70.5 Å². The van der Waals surface area contributed by atoms with Gasteiger partial charge in [-0.15, -0.1) is 0 Å². The van der Waals surface area contributed by atoms with Crippen molar-refractivity contribution in [2.45, 2.75) is 12.0 Å². The van der Waals surface area contributed by atoms with Crippen LogP contribution in [0.3, 0.4) is 0 Å². The van der Waals surface area contributed by atoms with Crippen LogP contribution in [-0.2, 0) is 10.4 Å². The summed E-state index contributed by atoms with van der Waals surface area (Å²) >= 11 is 0. The van der Waals surface area contributed by atoms with E-state index < -0.39 is 11.5 Å². The monoisotopic (exact) mass is 282 g/mol. The number of fused-ring (bicyclic) bond motifs is 1. The maximum Gasteiger partial charge on any atom is 0.263 e. The van der Waals surface area contributed by atoms with Gasteiger partial charge in [-0.2, -0.15) is 0 Å². The number of nitrogens with zero attached hydrogens (tertiary/aromatic N) is 2. The number of aliphatic hydroxyl groups is 1. The molecule has 0 saturated carbocycles. The lowest BCUT2D eigenvalue weighted by Gasteiger charge is -2.20. The van der Waals surface area contributed by atoms with Gasteiger partial charge >= 0.3 is 0 Å². The van der Waals surface area contributed by atoms with Crippen molar-refractivity contribution in [2.24, 2.45) is 0 Å². The molecule has 0 bridgehead atoms. The van der Waals surface area contributed by atoms with Crippen molar-refractivity contribution in [3.05, 3.63) is 59.9 Å². The molecule has 21 heavy (non-hydrogen) atoms. The molecule has 1 aromatic heterocycles. The van der Waals surface area contributed by atoms with E-state index >= 15 is 0 Å². The molecule has 0 fully saturated rings. The number of amides is 1. The fourth-order valence-corrected chi connectivity index (χ4v) is 2.64. The number of benzene rings is 1. The van der Waals surface area contributed by atoms with Crippen LogP contribution in [-0.4, -0.2) is 28.8 Å². The number of likely N-dealkylation sites (N-methyl/N-ethyl adjacent to an activating group) is 1. The predicted molar refractivity (Wildman–Crippen MR) is 76.9 cm³/mol. The number of Topliss-reactive ketones (excluding diaryl/α,β-unsaturated/α-hetero) is 1. The van der Waals surface area contributed by atoms with Crippen molar-refractivity contribution >= 4 is 17.4 Å². The molecule has 1 aliphatic rings. The van der Waals surface area contributed by atoms with Gasteiger partial charge in [0.15, 0.2) is 11.4 Å². The quantitative estimate of drug-likeness (QED) is 0.866. The summed E-state index contributed by atoms with van der Waals surface area (Å²) in [6.07, 6.45) is 1.19. The van der Waals surface area contributed by atoms with Gasteiger partial charge in [0.05, 0.1) is 12.1 Å². The third-order valence-corrected chi connectivity index (χ3v) is 3.74. The minimum atomic E-state index is -1.82. The van der Waals surface area contributed by atoms with Crippen molar-refractivity contribution in [3.63, 3.8) is 0 Å². The summed E-state index contributed by atoms with van der Waals surface area (Å²) in [5.41, 5.74) is -0.494. The highest BCUT2D eigenvalue weighted by molar-refractivity contribution is 6.10. The smallest absolute Gasteiger partial charge is 0.263 e. The van der Waals surface area contributed by atoms with Crippen LogP contribution in [0.1, 0.15) is 22.5 Å². The van der Waals surface area contributed by atoms with Gasteiger partial charge < -0.3 is 10.0 Å². The van der Waals surface area contributed by atoms with Gasteiger partial charge in [0, 0.05) is 18.8 Å². The van der Waals surface area contributed by atoms with Crippen LogP contribution in [0.2, 0.25) is 0 Å². The molecule has 1 aromatic carbocycles. The molecular formula is C16H14N2O3. The lowest BCUT2D eigenvalue weighted by molar-refractivity contribution is -0.135. The summed E-state index contributed by atoms with van der Waals surface area (Å²) in [5.74, 6) is -0.857. The van der Waals surface area contributed by atoms with E-state index in [0.717, 1.165) is 0 Å². The first-order valence-corrected chi connectivity index (χ1v) is 6.58. The molecule has 2 heterocycles. The molecular weight excluding hydrogens is 268 g/mol. The fraction of sp³-hybridized carbons (Fsp3) is 0.188. The summed E-state index contributed by atoms with van der Waals surface area (Å²) in [6, 6.07) is 11.9. The van der Waals surface area contributed by atoms with E-state index in [1.54, 1.807) is 49.5 Å². The maximum absolute atomic E-state index is 12.4. The number of pyridine rings is 1. The second-order valence-corrected chi connectivity index (χ2v) is 5.06. The largest absolute Gasteiger partial charge is 0.375 e. The Hall–Kier alpha value is -2.53. The van der Waals surface area contributed by atoms with E-state index in [0.29, 0.717) is 11.3 Å². The Kier molecular flexibility index (Phi) is 3.07. The molecule has 0 radical (unpaired) electrons. The SMILES string of the molecule is CN1C(=O)[C@](O)(CC(=O)c2ccccn2)c2ccccc21. The van der Waals surface area contributed by atoms with Gasteiger partial charge in [-0.25, -0.2) is 0 Å². The molecule has 1 N–H and O–H groups in total. The lowest BCUT2D eigenvalue weighted by atomic mass is 9.89. The highest BCUT2D eigenvalue weighted by Crippen LogP contribution is 2.41. The molecule has 0 saturated heterocycles. The zero-order valence-electron chi connectivity index (χ0n) is 11.5. The summed E-state index contributed by atoms with van der Waals surface area (Å²) in [6.45, 7) is 0. The van der Waals surface area contributed by atoms with Gasteiger partial charge in [-0.05, 0) is 18.2 Å². The highest BCUT2D eigenvalue weighted by Gasteiger charge is 2.49. The van der Waals surface area contributed by atoms with Crippen LogP contribution in [0, 0.1) is 0 Å². The number of hydrogen-bond donors (Lipinski definition) is 1. The molecule has 5 heteroatoms. The Morgan fingerprint density at radius 3 is 2.67 bits per heavy atom. The third kappa shape index (κ3) is 2.02. The number of anilines is 1. The van der Waals surface area contributed by atoms with Crippen molar-refractivity contribution < 1.29 is 14.7 Å². The summed E-state index contributed by atoms with van der Waals surface area (Å²) < 4.78 is 0. The summed E-state index contributed by atoms with van der Waals surface area (Å²) in [4.78, 5) is 30.0. The Morgan fingerprint density at radius 2 is 1.95 bits per heavy atom. The lowest BCUT2D eigenvalue weighted by Crippen LogP contribution is -2.40. The number of carbonyl (C=O) groups excluding carboxylic acids is 2. The van der Waals surface area contributed by atoms with Crippen molar-refractivity contribution in [1.29, 1.82) is 0 Å². The molecule has 106 valence electrons. The first-order valence-electron chi connectivity index (χ1n) is 6.58. The molecule has 5 nitrogen and oxygen atoms in total. The van der Waals surface area contributed by atoms with Gasteiger partial charge in [0.25, 0.3) is 5.91 Å². The predicted octanol–water partition coefficient (Wildman–Crippen LogP) is 1.52. The maximum atomic E-state index is 12.4. The van der Waals surface area contributed by atoms with Crippen LogP contribution < -0.4 is 4.90 Å². The summed E-state index contributed by atoms with van der Waals surface area (Å²) in [7, 11) is 1.59. The first kappa shape index (κ1) is 13.5. The van der Waals surface area contributed by atoms with Crippen molar-refractivity contribution in [3.8, 4) is 0 Å². The number of aromatic nitrogens is 1. The molecule has 0 unspecified atom stereocenters. The van der Waals surface area contributed by atoms with E-state index in [1.165, 1.54) is 11.1 Å². The highest BCUT2D eigenvalue weighted by atomic mass is 16.3. The molecule has 1 amide bonds. The van der Waals surface area contributed by atoms with Gasteiger partial charge in [0.2, 0.25) is 0 Å². The van der Waals surface area contributed by atoms with Crippen molar-refractivity contribution in [1.82, 2.24) is 4.98 Å². The van der Waals surface area contributed by atoms with E-state index in [-0.39, 0.29) is 17.9 Å². The molecule has 1 atom stereocenters. The molecule has 0 spiro atoms. The zero-order valence-corrected chi connectivity index (χ0v) is 11.5. The normalized spacial score (nSPS) is 20.5. The van der Waals surface area contributed by atoms with Gasteiger partial charge in [-0.1, -0.05) is 24.3 Å². The third-order valence-electron chi connectivity index (χ3n) is 3.74. The number of rotatable bonds is 3. The second kappa shape index (κ2) is 4.79. The minimum absolute atomic E-state index is 0.241. The van der Waals surface area contributed by atoms with Crippen LogP contribution in [0.15, 0.2) is 48.7 Å². The number of carbonyl (C=O) groups is 2. The van der Waals surface area contributed by atoms with Crippen LogP contribution in [0.25, 0.3) is 0 Å². The second-order valence-electron chi connectivity index (χ2n) is 5.06. The summed E-state index contributed by atoms with van der Waals surface area (Å²) in [5, 5.41) is 10.8. The van der Waals surface area contributed by atoms with E-state index in [2.05, 4.69) is 4.98 Å². The van der Waals surface area contributed by atoms with E-state index in [4.69, 9.17) is 0 Å². The van der Waals surface area contributed by atoms with Crippen LogP contribution in [0.5, 0.6) is 0 Å². The van der Waals surface area contributed by atoms with Crippen molar-refractivity contribution in [2.75, 3.05) is 11.9 Å². The Labute approximate surface area is 121 Å². The van der Waals surface area contributed by atoms with E-state index in [9.17, 15) is 14.7 Å². The molecule has 0 aliphatic carbocycles. The van der Waals surface area contributed by atoms with Gasteiger partial charge in [-0.3, -0.25) is 14.6 Å². The first-order chi connectivity index (χ1) is 10.0.